The van der Waals surface area contributed by atoms with Gasteiger partial charge in [0, 0.05) is 88.4 Å². The molecule has 2 aromatic carbocycles. The highest BCUT2D eigenvalue weighted by molar-refractivity contribution is 5.96. The second-order valence-corrected chi connectivity index (χ2v) is 20.4. The number of likely N-dealkylation sites (tertiary alicyclic amines) is 1. The van der Waals surface area contributed by atoms with Crippen molar-refractivity contribution in [2.75, 3.05) is 54.0 Å². The summed E-state index contributed by atoms with van der Waals surface area (Å²) < 4.78 is 14.2. The van der Waals surface area contributed by atoms with Crippen LogP contribution in [0.4, 0.5) is 4.79 Å². The van der Waals surface area contributed by atoms with Crippen molar-refractivity contribution in [2.45, 2.75) is 117 Å². The number of rotatable bonds is 10. The van der Waals surface area contributed by atoms with E-state index in [9.17, 15) is 29.1 Å². The van der Waals surface area contributed by atoms with E-state index in [1.807, 2.05) is 39.0 Å². The zero-order chi connectivity index (χ0) is 49.5. The van der Waals surface area contributed by atoms with Gasteiger partial charge in [0.15, 0.2) is 0 Å². The maximum Gasteiger partial charge on any atom is 0.324 e. The number of hydrogen-bond donors (Lipinski definition) is 4. The molecule has 2 aromatic heterocycles. The maximum atomic E-state index is 14.8. The molecule has 8 rings (SSSR count). The SMILES string of the molecule is CCn1c(-c2cccnc2[C@H](C)OC)c2c3cc(ccc31)-c1cc(O)cc(c1)C[C@H](NC(=O)[C@H](C(C)C)N(C)C(=O)N1CC[C@H](N(C)C(=O)[C@@H]3CN3)C1)C(=O)N1CCC[C@H](N1)C(=O)OCC(C)(C)C2. The van der Waals surface area contributed by atoms with Gasteiger partial charge in [-0.15, -0.1) is 0 Å². The Labute approximate surface area is 404 Å². The van der Waals surface area contributed by atoms with Crippen LogP contribution in [0.2, 0.25) is 0 Å². The molecule has 0 spiro atoms. The molecule has 4 aromatic rings. The number of carbonyl (C=O) groups is 5. The Kier molecular flexibility index (Phi) is 14.4. The Hall–Kier alpha value is -6.04. The van der Waals surface area contributed by atoms with Gasteiger partial charge < -0.3 is 44.5 Å². The summed E-state index contributed by atoms with van der Waals surface area (Å²) in [6.45, 7) is 14.4. The highest BCUT2D eigenvalue weighted by atomic mass is 16.5. The lowest BCUT2D eigenvalue weighted by Crippen LogP contribution is -2.62. The molecule has 6 bridgehead atoms. The zero-order valence-electron chi connectivity index (χ0n) is 41.5. The van der Waals surface area contributed by atoms with Crippen LogP contribution in [0.25, 0.3) is 33.3 Å². The molecule has 4 aliphatic rings. The molecule has 6 heterocycles. The standard InChI is InChI=1S/C52H69N9O8/c1-10-60-43-16-15-33-25-38(43)39(46(60)37-13-11-18-53-44(37)31(4)68-9)26-52(5,6)29-69-50(66)40-14-12-19-61(56-40)49(65)41(23-32-21-34(33)24-36(62)22-32)55-47(63)45(30(2)3)58(8)51(67)59-20-17-35(28-59)57(7)48(64)42-27-54-42/h11,13,15-16,18,21-22,24-25,30-31,35,40-42,45,54,56,62H,10,12,14,17,19-20,23,26-29H2,1-9H3,(H,55,63)/t31-,35-,40-,41-,42-,45-/m0/s1. The first-order valence-electron chi connectivity index (χ1n) is 24.4. The molecule has 0 saturated carbocycles. The number of likely N-dealkylation sites (N-methyl/N-ethyl adjacent to an activating group) is 2. The second kappa shape index (κ2) is 20.1. The summed E-state index contributed by atoms with van der Waals surface area (Å²) >= 11 is 0. The van der Waals surface area contributed by atoms with Crippen molar-refractivity contribution in [3.8, 4) is 28.1 Å². The van der Waals surface area contributed by atoms with Crippen LogP contribution in [0.3, 0.4) is 0 Å². The fraction of sp³-hybridized carbons (Fsp3) is 0.538. The fourth-order valence-electron chi connectivity index (χ4n) is 10.5. The van der Waals surface area contributed by atoms with Crippen LogP contribution in [0.5, 0.6) is 5.75 Å². The molecule has 370 valence electrons. The monoisotopic (exact) mass is 948 g/mol. The third-order valence-corrected chi connectivity index (χ3v) is 14.3. The van der Waals surface area contributed by atoms with Gasteiger partial charge in [-0.2, -0.15) is 0 Å². The Bertz CT molecular complexity index is 2610. The Morgan fingerprint density at radius 2 is 1.81 bits per heavy atom. The Morgan fingerprint density at radius 1 is 1.04 bits per heavy atom. The lowest BCUT2D eigenvalue weighted by molar-refractivity contribution is -0.155. The normalized spacial score (nSPS) is 22.5. The minimum Gasteiger partial charge on any atom is -0.508 e. The number of aromatic hydroxyl groups is 1. The van der Waals surface area contributed by atoms with Crippen LogP contribution in [0.1, 0.15) is 83.7 Å². The van der Waals surface area contributed by atoms with Crippen LogP contribution in [0, 0.1) is 11.3 Å². The fourth-order valence-corrected chi connectivity index (χ4v) is 10.5. The number of amides is 5. The third-order valence-electron chi connectivity index (χ3n) is 14.3. The molecule has 4 N–H and O–H groups in total. The van der Waals surface area contributed by atoms with E-state index in [1.54, 1.807) is 49.3 Å². The van der Waals surface area contributed by atoms with Gasteiger partial charge in [-0.1, -0.05) is 39.8 Å². The first-order chi connectivity index (χ1) is 32.9. The number of urea groups is 1. The van der Waals surface area contributed by atoms with Crippen molar-refractivity contribution in [2.24, 2.45) is 11.3 Å². The average Bonchev–Trinajstić information content (AvgIpc) is 3.99. The predicted molar refractivity (Wildman–Crippen MR) is 262 cm³/mol. The number of aryl methyl sites for hydroxylation is 1. The number of ether oxygens (including phenoxy) is 2. The van der Waals surface area contributed by atoms with Gasteiger partial charge in [-0.25, -0.2) is 10.2 Å². The third kappa shape index (κ3) is 10.3. The van der Waals surface area contributed by atoms with Crippen molar-refractivity contribution in [1.29, 1.82) is 0 Å². The smallest absolute Gasteiger partial charge is 0.324 e. The summed E-state index contributed by atoms with van der Waals surface area (Å²) in [5, 5.41) is 19.8. The van der Waals surface area contributed by atoms with E-state index in [4.69, 9.17) is 14.5 Å². The second-order valence-electron chi connectivity index (χ2n) is 20.4. The van der Waals surface area contributed by atoms with Crippen LogP contribution >= 0.6 is 0 Å². The highest BCUT2D eigenvalue weighted by Gasteiger charge is 2.41. The minimum atomic E-state index is -1.16. The first kappa shape index (κ1) is 49.4. The molecule has 3 saturated heterocycles. The number of methoxy groups -OCH3 is 1. The van der Waals surface area contributed by atoms with Crippen LogP contribution in [-0.4, -0.2) is 148 Å². The molecule has 6 atom stereocenters. The molecule has 17 nitrogen and oxygen atoms in total. The van der Waals surface area contributed by atoms with Gasteiger partial charge in [-0.3, -0.25) is 29.2 Å². The average molecular weight is 948 g/mol. The molecule has 17 heteroatoms. The summed E-state index contributed by atoms with van der Waals surface area (Å²) in [4.78, 5) is 79.9. The number of pyridine rings is 1. The number of nitrogens with zero attached hydrogens (tertiary/aromatic N) is 6. The number of nitrogens with one attached hydrogen (secondary N) is 3. The molecule has 4 aliphatic heterocycles. The largest absolute Gasteiger partial charge is 0.508 e. The van der Waals surface area contributed by atoms with E-state index in [2.05, 4.69) is 59.6 Å². The first-order valence-corrected chi connectivity index (χ1v) is 24.4. The summed E-state index contributed by atoms with van der Waals surface area (Å²) in [6, 6.07) is 11.9. The van der Waals surface area contributed by atoms with Gasteiger partial charge in [0.2, 0.25) is 11.8 Å². The van der Waals surface area contributed by atoms with E-state index in [1.165, 1.54) is 9.91 Å². The summed E-state index contributed by atoms with van der Waals surface area (Å²) in [7, 11) is 5.03. The number of carbonyl (C=O) groups excluding carboxylic acids is 5. The number of esters is 1. The molecule has 0 aliphatic carbocycles. The zero-order valence-corrected chi connectivity index (χ0v) is 41.5. The van der Waals surface area contributed by atoms with Crippen molar-refractivity contribution >= 4 is 40.6 Å². The number of phenolic OH excluding ortho intramolecular Hbond substituents is 1. The Morgan fingerprint density at radius 3 is 2.52 bits per heavy atom. The highest BCUT2D eigenvalue weighted by Crippen LogP contribution is 2.42. The van der Waals surface area contributed by atoms with Crippen molar-refractivity contribution in [3.63, 3.8) is 0 Å². The number of aromatic nitrogens is 2. The van der Waals surface area contributed by atoms with Crippen LogP contribution in [-0.2, 0) is 48.0 Å². The number of benzene rings is 2. The van der Waals surface area contributed by atoms with Gasteiger partial charge in [0.1, 0.15) is 23.9 Å². The number of phenols is 1. The van der Waals surface area contributed by atoms with E-state index in [0.29, 0.717) is 57.4 Å². The molecule has 5 amide bonds. The molecule has 3 fully saturated rings. The maximum absolute atomic E-state index is 14.8. The summed E-state index contributed by atoms with van der Waals surface area (Å²) in [5.74, 6) is -1.83. The molecule has 69 heavy (non-hydrogen) atoms. The van der Waals surface area contributed by atoms with Crippen LogP contribution < -0.4 is 16.1 Å². The number of cyclic esters (lactones) is 1. The molecule has 0 unspecified atom stereocenters. The molecular formula is C52H69N9O8. The van der Waals surface area contributed by atoms with Crippen molar-refractivity contribution in [3.05, 3.63) is 71.5 Å². The number of hydrogen-bond acceptors (Lipinski definition) is 11. The lowest BCUT2D eigenvalue weighted by atomic mass is 9.84. The van der Waals surface area contributed by atoms with E-state index >= 15 is 0 Å². The van der Waals surface area contributed by atoms with Gasteiger partial charge in [0.25, 0.3) is 5.91 Å². The van der Waals surface area contributed by atoms with E-state index in [0.717, 1.165) is 44.5 Å². The quantitative estimate of drug-likeness (QED) is 0.123. The number of fused-ring (bicyclic) bond motifs is 6. The number of hydrazine groups is 1. The Balaban J connectivity index is 1.16. The van der Waals surface area contributed by atoms with E-state index < -0.39 is 41.3 Å². The van der Waals surface area contributed by atoms with Gasteiger partial charge >= 0.3 is 12.0 Å². The van der Waals surface area contributed by atoms with Gasteiger partial charge in [0.05, 0.1) is 36.2 Å². The van der Waals surface area contributed by atoms with E-state index in [-0.39, 0.29) is 61.4 Å². The summed E-state index contributed by atoms with van der Waals surface area (Å²) in [6.07, 6.45) is 3.59. The minimum absolute atomic E-state index is 0.00484. The van der Waals surface area contributed by atoms with Crippen molar-refractivity contribution in [1.82, 2.24) is 45.3 Å². The predicted octanol–water partition coefficient (Wildman–Crippen LogP) is 5.03. The molecule has 0 radical (unpaired) electrons. The van der Waals surface area contributed by atoms with Crippen LogP contribution in [0.15, 0.2) is 54.7 Å². The topological polar surface area (TPSA) is 201 Å². The molecular weight excluding hydrogens is 879 g/mol. The lowest BCUT2D eigenvalue weighted by Gasteiger charge is -2.37. The summed E-state index contributed by atoms with van der Waals surface area (Å²) in [5.41, 5.74) is 9.56. The van der Waals surface area contributed by atoms with Gasteiger partial charge in [-0.05, 0) is 104 Å². The van der Waals surface area contributed by atoms with Crippen molar-refractivity contribution < 1.29 is 38.6 Å².